The minimum Gasteiger partial charge on any atom is -0.469 e. The average Bonchev–Trinajstić information content (AvgIpc) is 2.73. The number of hydrogen-bond donors (Lipinski definition) is 0. The number of carbonyl (C=O) groups is 1. The van der Waals surface area contributed by atoms with E-state index in [2.05, 4.69) is 55.5 Å². The molecule has 2 aromatic rings. The summed E-state index contributed by atoms with van der Waals surface area (Å²) in [6.07, 6.45) is 0.897. The van der Waals surface area contributed by atoms with Gasteiger partial charge in [0, 0.05) is 17.3 Å². The van der Waals surface area contributed by atoms with E-state index in [1.165, 1.54) is 29.4 Å². The highest BCUT2D eigenvalue weighted by atomic mass is 16.5. The molecule has 0 heterocycles. The number of benzene rings is 2. The van der Waals surface area contributed by atoms with E-state index >= 15 is 0 Å². The third-order valence-electron chi connectivity index (χ3n) is 6.37. The van der Waals surface area contributed by atoms with Crippen molar-refractivity contribution in [2.45, 2.75) is 30.6 Å². The Labute approximate surface area is 130 Å². The normalized spacial score (nSPS) is 36.1. The predicted molar refractivity (Wildman–Crippen MR) is 83.9 cm³/mol. The van der Waals surface area contributed by atoms with Gasteiger partial charge >= 0.3 is 5.97 Å². The molecule has 2 aromatic carbocycles. The molecule has 5 rings (SSSR count). The summed E-state index contributed by atoms with van der Waals surface area (Å²) in [5, 5.41) is 0. The van der Waals surface area contributed by atoms with E-state index in [4.69, 9.17) is 4.74 Å². The van der Waals surface area contributed by atoms with Gasteiger partial charge in [0.25, 0.3) is 0 Å². The van der Waals surface area contributed by atoms with E-state index in [0.29, 0.717) is 5.92 Å². The Morgan fingerprint density at radius 2 is 1.68 bits per heavy atom. The van der Waals surface area contributed by atoms with Crippen LogP contribution in [0.15, 0.2) is 48.5 Å². The standard InChI is InChI=1S/C20H18O2/c1-19(18(21)22-2)11-20-15-10-6-5-9-14(15)16(20)12-7-3-4-8-13(12)17(19)20/h3-10,16-17H,11H2,1-2H3. The van der Waals surface area contributed by atoms with Crippen molar-refractivity contribution in [3.8, 4) is 0 Å². The fourth-order valence-electron chi connectivity index (χ4n) is 5.82. The van der Waals surface area contributed by atoms with Gasteiger partial charge in [0.15, 0.2) is 0 Å². The van der Waals surface area contributed by atoms with Gasteiger partial charge in [-0.05, 0) is 35.6 Å². The number of ether oxygens (including phenoxy) is 1. The lowest BCUT2D eigenvalue weighted by Crippen LogP contribution is -2.63. The third-order valence-corrected chi connectivity index (χ3v) is 6.37. The zero-order valence-corrected chi connectivity index (χ0v) is 12.8. The molecule has 0 bridgehead atoms. The minimum atomic E-state index is -0.396. The number of esters is 1. The average molecular weight is 290 g/mol. The van der Waals surface area contributed by atoms with Crippen molar-refractivity contribution in [2.24, 2.45) is 5.41 Å². The van der Waals surface area contributed by atoms with Gasteiger partial charge in [-0.15, -0.1) is 0 Å². The Kier molecular flexibility index (Phi) is 2.05. The van der Waals surface area contributed by atoms with Gasteiger partial charge in [-0.2, -0.15) is 0 Å². The highest BCUT2D eigenvalue weighted by molar-refractivity contribution is 5.84. The summed E-state index contributed by atoms with van der Waals surface area (Å²) in [5.74, 6) is 0.647. The minimum absolute atomic E-state index is 0.0667. The number of hydrogen-bond acceptors (Lipinski definition) is 2. The fraction of sp³-hybridized carbons (Fsp3) is 0.350. The van der Waals surface area contributed by atoms with Crippen LogP contribution in [0.2, 0.25) is 0 Å². The Balaban J connectivity index is 1.76. The molecule has 110 valence electrons. The topological polar surface area (TPSA) is 26.3 Å². The number of methoxy groups -OCH3 is 1. The molecule has 1 saturated carbocycles. The van der Waals surface area contributed by atoms with Crippen LogP contribution in [0.25, 0.3) is 0 Å². The van der Waals surface area contributed by atoms with Gasteiger partial charge in [-0.3, -0.25) is 4.79 Å². The summed E-state index contributed by atoms with van der Waals surface area (Å²) in [7, 11) is 1.51. The summed E-state index contributed by atoms with van der Waals surface area (Å²) < 4.78 is 5.13. The molecule has 2 heteroatoms. The van der Waals surface area contributed by atoms with Crippen molar-refractivity contribution in [3.05, 3.63) is 70.8 Å². The first-order valence-electron chi connectivity index (χ1n) is 7.91. The van der Waals surface area contributed by atoms with E-state index in [1.54, 1.807) is 0 Å². The number of rotatable bonds is 1. The van der Waals surface area contributed by atoms with Crippen LogP contribution < -0.4 is 0 Å². The van der Waals surface area contributed by atoms with E-state index in [9.17, 15) is 4.79 Å². The number of carbonyl (C=O) groups excluding carboxylic acids is 1. The summed E-state index contributed by atoms with van der Waals surface area (Å²) in [4.78, 5) is 12.4. The quantitative estimate of drug-likeness (QED) is 0.748. The summed E-state index contributed by atoms with van der Waals surface area (Å²) in [6, 6.07) is 17.4. The predicted octanol–water partition coefficient (Wildman–Crippen LogP) is 3.75. The molecule has 0 aromatic heterocycles. The van der Waals surface area contributed by atoms with Crippen molar-refractivity contribution in [3.63, 3.8) is 0 Å². The molecule has 0 saturated heterocycles. The molecule has 3 aliphatic carbocycles. The van der Waals surface area contributed by atoms with Crippen LogP contribution >= 0.6 is 0 Å². The Bertz CT molecular complexity index is 824. The van der Waals surface area contributed by atoms with Gasteiger partial charge in [-0.1, -0.05) is 48.5 Å². The van der Waals surface area contributed by atoms with Crippen molar-refractivity contribution in [1.82, 2.24) is 0 Å². The smallest absolute Gasteiger partial charge is 0.312 e. The molecule has 3 aliphatic rings. The first-order valence-corrected chi connectivity index (χ1v) is 7.91. The lowest BCUT2D eigenvalue weighted by molar-refractivity contribution is -0.167. The first-order chi connectivity index (χ1) is 10.6. The zero-order valence-electron chi connectivity index (χ0n) is 12.8. The van der Waals surface area contributed by atoms with Crippen molar-refractivity contribution in [2.75, 3.05) is 7.11 Å². The highest BCUT2D eigenvalue weighted by Gasteiger charge is 2.76. The van der Waals surface area contributed by atoms with Gasteiger partial charge in [0.2, 0.25) is 0 Å². The molecule has 0 radical (unpaired) electrons. The Hall–Kier alpha value is -2.09. The molecule has 1 spiro atoms. The molecule has 4 unspecified atom stereocenters. The van der Waals surface area contributed by atoms with Crippen LogP contribution in [0.1, 0.15) is 47.4 Å². The molecule has 0 N–H and O–H groups in total. The third kappa shape index (κ3) is 1.05. The van der Waals surface area contributed by atoms with Crippen LogP contribution in [-0.2, 0) is 14.9 Å². The van der Waals surface area contributed by atoms with Gasteiger partial charge in [0.05, 0.1) is 12.5 Å². The van der Waals surface area contributed by atoms with Crippen molar-refractivity contribution >= 4 is 5.97 Å². The van der Waals surface area contributed by atoms with Crippen LogP contribution in [-0.4, -0.2) is 13.1 Å². The molecule has 22 heavy (non-hydrogen) atoms. The van der Waals surface area contributed by atoms with Gasteiger partial charge < -0.3 is 4.74 Å². The molecular weight excluding hydrogens is 272 g/mol. The second-order valence-corrected chi connectivity index (χ2v) is 7.21. The molecule has 1 fully saturated rings. The summed E-state index contributed by atoms with van der Waals surface area (Å²) >= 11 is 0. The Morgan fingerprint density at radius 3 is 2.41 bits per heavy atom. The second-order valence-electron chi connectivity index (χ2n) is 7.21. The van der Waals surface area contributed by atoms with Gasteiger partial charge in [0.1, 0.15) is 0 Å². The Morgan fingerprint density at radius 1 is 1.05 bits per heavy atom. The van der Waals surface area contributed by atoms with E-state index in [-0.39, 0.29) is 17.3 Å². The van der Waals surface area contributed by atoms with Crippen LogP contribution in [0.5, 0.6) is 0 Å². The van der Waals surface area contributed by atoms with E-state index in [0.717, 1.165) is 6.42 Å². The molecule has 0 amide bonds. The van der Waals surface area contributed by atoms with Crippen LogP contribution in [0.4, 0.5) is 0 Å². The molecule has 0 aliphatic heterocycles. The maximum Gasteiger partial charge on any atom is 0.312 e. The largest absolute Gasteiger partial charge is 0.469 e. The lowest BCUT2D eigenvalue weighted by atomic mass is 9.37. The van der Waals surface area contributed by atoms with Crippen LogP contribution in [0, 0.1) is 5.41 Å². The maximum atomic E-state index is 12.4. The molecular formula is C20H18O2. The van der Waals surface area contributed by atoms with Crippen molar-refractivity contribution in [1.29, 1.82) is 0 Å². The van der Waals surface area contributed by atoms with E-state index in [1.807, 2.05) is 0 Å². The monoisotopic (exact) mass is 290 g/mol. The second kappa shape index (κ2) is 3.62. The van der Waals surface area contributed by atoms with E-state index < -0.39 is 5.41 Å². The maximum absolute atomic E-state index is 12.4. The first kappa shape index (κ1) is 12.5. The highest BCUT2D eigenvalue weighted by Crippen LogP contribution is 2.80. The van der Waals surface area contributed by atoms with Crippen molar-refractivity contribution < 1.29 is 9.53 Å². The zero-order chi connectivity index (χ0) is 15.1. The number of fused-ring (bicyclic) bond motifs is 5. The summed E-state index contributed by atoms with van der Waals surface area (Å²) in [5.41, 5.74) is 5.39. The van der Waals surface area contributed by atoms with Gasteiger partial charge in [-0.25, -0.2) is 0 Å². The molecule has 4 atom stereocenters. The van der Waals surface area contributed by atoms with Crippen LogP contribution in [0.3, 0.4) is 0 Å². The fourth-order valence-corrected chi connectivity index (χ4v) is 5.82. The SMILES string of the molecule is COC(=O)C1(C)CC23c4ccccc4C2c2ccccc2C13. The summed E-state index contributed by atoms with van der Waals surface area (Å²) in [6.45, 7) is 2.08. The lowest BCUT2D eigenvalue weighted by Gasteiger charge is -2.64. The molecule has 2 nitrogen and oxygen atoms in total.